The lowest BCUT2D eigenvalue weighted by Gasteiger charge is -2.45. The van der Waals surface area contributed by atoms with Crippen LogP contribution in [0.25, 0.3) is 0 Å². The van der Waals surface area contributed by atoms with Gasteiger partial charge in [0.1, 0.15) is 5.60 Å². The molecule has 2 unspecified atom stereocenters. The lowest BCUT2D eigenvalue weighted by atomic mass is 9.65. The first-order valence-electron chi connectivity index (χ1n) is 8.78. The average molecular weight is 335 g/mol. The van der Waals surface area contributed by atoms with Crippen LogP contribution in [0.4, 0.5) is 4.79 Å². The quantitative estimate of drug-likeness (QED) is 0.695. The number of allylic oxidation sites excluding steroid dienone is 3. The molecule has 0 aromatic carbocycles. The van der Waals surface area contributed by atoms with Gasteiger partial charge in [-0.2, -0.15) is 0 Å². The second-order valence-electron chi connectivity index (χ2n) is 8.13. The summed E-state index contributed by atoms with van der Waals surface area (Å²) in [5.74, 6) is 0.567. The summed E-state index contributed by atoms with van der Waals surface area (Å²) < 4.78 is 11.2. The van der Waals surface area contributed by atoms with Gasteiger partial charge < -0.3 is 14.4 Å². The van der Waals surface area contributed by atoms with E-state index in [1.807, 2.05) is 25.7 Å². The highest BCUT2D eigenvalue weighted by atomic mass is 16.6. The Morgan fingerprint density at radius 2 is 1.96 bits per heavy atom. The number of nitrogens with zero attached hydrogens (tertiary/aromatic N) is 1. The summed E-state index contributed by atoms with van der Waals surface area (Å²) in [5, 5.41) is 0. The van der Waals surface area contributed by atoms with E-state index in [1.54, 1.807) is 0 Å². The molecule has 2 atom stereocenters. The summed E-state index contributed by atoms with van der Waals surface area (Å²) in [7, 11) is 0. The summed E-state index contributed by atoms with van der Waals surface area (Å²) in [6.45, 7) is 10.4. The van der Waals surface area contributed by atoms with Crippen LogP contribution in [0.1, 0.15) is 54.4 Å². The lowest BCUT2D eigenvalue weighted by molar-refractivity contribution is 0.00978. The summed E-state index contributed by atoms with van der Waals surface area (Å²) >= 11 is 0. The highest BCUT2D eigenvalue weighted by molar-refractivity contribution is 5.68. The van der Waals surface area contributed by atoms with Crippen molar-refractivity contribution in [3.8, 4) is 0 Å². The SMILES string of the molecule is C.CC1CC=CC=C1C1(C2CO2)CCN(C(=O)OC(C)(C)C)CC1. The predicted molar refractivity (Wildman–Crippen MR) is 96.9 cm³/mol. The number of hydrogen-bond acceptors (Lipinski definition) is 3. The molecule has 2 heterocycles. The van der Waals surface area contributed by atoms with Gasteiger partial charge in [-0.05, 0) is 46.0 Å². The molecule has 2 fully saturated rings. The van der Waals surface area contributed by atoms with E-state index in [9.17, 15) is 4.79 Å². The van der Waals surface area contributed by atoms with Gasteiger partial charge >= 0.3 is 6.09 Å². The Kier molecular flexibility index (Phi) is 5.48. The first-order valence-corrected chi connectivity index (χ1v) is 8.78. The third-order valence-corrected chi connectivity index (χ3v) is 5.26. The van der Waals surface area contributed by atoms with Crippen LogP contribution >= 0.6 is 0 Å². The molecule has 1 amide bonds. The fourth-order valence-electron chi connectivity index (χ4n) is 3.98. The minimum Gasteiger partial charge on any atom is -0.444 e. The molecule has 4 heteroatoms. The molecular formula is C20H33NO3. The number of rotatable bonds is 2. The van der Waals surface area contributed by atoms with E-state index < -0.39 is 5.60 Å². The fourth-order valence-corrected chi connectivity index (χ4v) is 3.98. The Balaban J connectivity index is 0.00000208. The number of likely N-dealkylation sites (tertiary alicyclic amines) is 1. The molecule has 2 aliphatic heterocycles. The third-order valence-electron chi connectivity index (χ3n) is 5.26. The van der Waals surface area contributed by atoms with E-state index >= 15 is 0 Å². The van der Waals surface area contributed by atoms with E-state index in [2.05, 4.69) is 25.2 Å². The van der Waals surface area contributed by atoms with Crippen molar-refractivity contribution >= 4 is 6.09 Å². The molecule has 1 aliphatic carbocycles. The maximum absolute atomic E-state index is 12.3. The van der Waals surface area contributed by atoms with Gasteiger partial charge in [0.2, 0.25) is 0 Å². The first kappa shape index (κ1) is 19.0. The Hall–Kier alpha value is -1.29. The van der Waals surface area contributed by atoms with Crippen molar-refractivity contribution in [3.63, 3.8) is 0 Å². The zero-order chi connectivity index (χ0) is 16.7. The van der Waals surface area contributed by atoms with Gasteiger partial charge in [0.25, 0.3) is 0 Å². The Morgan fingerprint density at radius 3 is 2.46 bits per heavy atom. The molecule has 0 radical (unpaired) electrons. The van der Waals surface area contributed by atoms with Gasteiger partial charge in [-0.1, -0.05) is 38.2 Å². The second kappa shape index (κ2) is 6.91. The predicted octanol–water partition coefficient (Wildman–Crippen LogP) is 4.56. The monoisotopic (exact) mass is 335 g/mol. The molecule has 24 heavy (non-hydrogen) atoms. The largest absolute Gasteiger partial charge is 0.444 e. The standard InChI is InChI=1S/C19H29NO3.CH4/c1-14-7-5-6-8-15(14)19(16-13-22-16)9-11-20(12-10-19)17(21)23-18(2,3)4;/h5-6,8,14,16H,7,9-13H2,1-4H3;1H4. The Morgan fingerprint density at radius 1 is 1.33 bits per heavy atom. The summed E-state index contributed by atoms with van der Waals surface area (Å²) in [6.07, 6.45) is 9.92. The molecular weight excluding hydrogens is 302 g/mol. The first-order chi connectivity index (χ1) is 10.8. The van der Waals surface area contributed by atoms with Crippen molar-refractivity contribution < 1.29 is 14.3 Å². The number of carbonyl (C=O) groups is 1. The lowest BCUT2D eigenvalue weighted by Crippen LogP contribution is -2.48. The minimum absolute atomic E-state index is 0. The molecule has 0 aromatic heterocycles. The van der Waals surface area contributed by atoms with Crippen LogP contribution in [-0.2, 0) is 9.47 Å². The zero-order valence-corrected chi connectivity index (χ0v) is 14.8. The number of hydrogen-bond donors (Lipinski definition) is 0. The van der Waals surface area contributed by atoms with Gasteiger partial charge in [-0.25, -0.2) is 4.79 Å². The highest BCUT2D eigenvalue weighted by Crippen LogP contribution is 2.51. The number of carbonyl (C=O) groups excluding carboxylic acids is 1. The molecule has 0 spiro atoms. The van der Waals surface area contributed by atoms with Crippen molar-refractivity contribution in [3.05, 3.63) is 23.8 Å². The second-order valence-corrected chi connectivity index (χ2v) is 8.13. The van der Waals surface area contributed by atoms with Gasteiger partial charge in [0.15, 0.2) is 0 Å². The van der Waals surface area contributed by atoms with Crippen LogP contribution in [0.5, 0.6) is 0 Å². The molecule has 3 rings (SSSR count). The highest BCUT2D eigenvalue weighted by Gasteiger charge is 2.52. The summed E-state index contributed by atoms with van der Waals surface area (Å²) in [4.78, 5) is 14.2. The summed E-state index contributed by atoms with van der Waals surface area (Å²) in [5.41, 5.74) is 1.20. The van der Waals surface area contributed by atoms with Gasteiger partial charge in [-0.15, -0.1) is 0 Å². The van der Waals surface area contributed by atoms with Crippen molar-refractivity contribution in [2.75, 3.05) is 19.7 Å². The zero-order valence-electron chi connectivity index (χ0n) is 14.8. The molecule has 2 saturated heterocycles. The Labute approximate surface area is 146 Å². The van der Waals surface area contributed by atoms with Crippen LogP contribution in [-0.4, -0.2) is 42.4 Å². The Bertz CT molecular complexity index is 517. The van der Waals surface area contributed by atoms with Gasteiger partial charge in [0, 0.05) is 18.5 Å². The van der Waals surface area contributed by atoms with Crippen LogP contribution in [0.2, 0.25) is 0 Å². The average Bonchev–Trinajstić information content (AvgIpc) is 3.31. The number of epoxide rings is 1. The van der Waals surface area contributed by atoms with Crippen molar-refractivity contribution in [2.24, 2.45) is 11.3 Å². The number of piperidine rings is 1. The van der Waals surface area contributed by atoms with Crippen LogP contribution < -0.4 is 0 Å². The number of ether oxygens (including phenoxy) is 2. The van der Waals surface area contributed by atoms with Crippen LogP contribution in [0, 0.1) is 11.3 Å². The van der Waals surface area contributed by atoms with Gasteiger partial charge in [0.05, 0.1) is 12.7 Å². The summed E-state index contributed by atoms with van der Waals surface area (Å²) in [6, 6.07) is 0. The van der Waals surface area contributed by atoms with Crippen molar-refractivity contribution in [2.45, 2.75) is 66.1 Å². The maximum atomic E-state index is 12.3. The normalized spacial score (nSPS) is 28.7. The molecule has 0 N–H and O–H groups in total. The van der Waals surface area contributed by atoms with E-state index in [4.69, 9.17) is 9.47 Å². The van der Waals surface area contributed by atoms with E-state index in [0.717, 1.165) is 39.0 Å². The minimum atomic E-state index is -0.434. The van der Waals surface area contributed by atoms with E-state index in [1.165, 1.54) is 5.57 Å². The van der Waals surface area contributed by atoms with Crippen molar-refractivity contribution in [1.29, 1.82) is 0 Å². The molecule has 0 aromatic rings. The molecule has 3 aliphatic rings. The molecule has 136 valence electrons. The smallest absolute Gasteiger partial charge is 0.410 e. The maximum Gasteiger partial charge on any atom is 0.410 e. The van der Waals surface area contributed by atoms with E-state index in [-0.39, 0.29) is 18.9 Å². The van der Waals surface area contributed by atoms with Crippen molar-refractivity contribution in [1.82, 2.24) is 4.90 Å². The fraction of sp³-hybridized carbons (Fsp3) is 0.750. The van der Waals surface area contributed by atoms with Gasteiger partial charge in [-0.3, -0.25) is 0 Å². The number of amides is 1. The third kappa shape index (κ3) is 3.85. The van der Waals surface area contributed by atoms with Crippen LogP contribution in [0.15, 0.2) is 23.8 Å². The van der Waals surface area contributed by atoms with E-state index in [0.29, 0.717) is 12.0 Å². The topological polar surface area (TPSA) is 42.1 Å². The molecule has 4 nitrogen and oxygen atoms in total. The van der Waals surface area contributed by atoms with Crippen LogP contribution in [0.3, 0.4) is 0 Å². The molecule has 0 saturated carbocycles. The molecule has 0 bridgehead atoms.